The molecule has 10 aromatic rings. The summed E-state index contributed by atoms with van der Waals surface area (Å²) in [6.07, 6.45) is 3.61. The second-order valence-electron chi connectivity index (χ2n) is 14.2. The molecule has 0 saturated heterocycles. The lowest BCUT2D eigenvalue weighted by molar-refractivity contribution is 1.18. The van der Waals surface area contributed by atoms with Gasteiger partial charge in [-0.3, -0.25) is 9.97 Å². The largest absolute Gasteiger partial charge is 0.264 e. The van der Waals surface area contributed by atoms with E-state index < -0.39 is 0 Å². The van der Waals surface area contributed by atoms with E-state index in [1.54, 1.807) is 6.20 Å². The molecule has 0 radical (unpaired) electrons. The van der Waals surface area contributed by atoms with Gasteiger partial charge in [0.25, 0.3) is 0 Å². The Balaban J connectivity index is 1.06. The minimum atomic E-state index is 0.663. The number of benzene rings is 6. The van der Waals surface area contributed by atoms with Crippen molar-refractivity contribution < 1.29 is 0 Å². The Morgan fingerprint density at radius 2 is 0.930 bits per heavy atom. The first kappa shape index (κ1) is 33.9. The Kier molecular flexibility index (Phi) is 8.65. The van der Waals surface area contributed by atoms with Gasteiger partial charge in [-0.2, -0.15) is 0 Å². The first-order valence-corrected chi connectivity index (χ1v) is 19.1. The Morgan fingerprint density at radius 1 is 0.351 bits per heavy atom. The predicted octanol–water partition coefficient (Wildman–Crippen LogP) is 12.9. The molecule has 0 unspecified atom stereocenters. The maximum absolute atomic E-state index is 5.35. The highest BCUT2D eigenvalue weighted by Gasteiger charge is 2.16. The van der Waals surface area contributed by atoms with Crippen LogP contribution >= 0.6 is 0 Å². The zero-order valence-electron chi connectivity index (χ0n) is 31.2. The summed E-state index contributed by atoms with van der Waals surface area (Å²) >= 11 is 0. The normalized spacial score (nSPS) is 11.2. The highest BCUT2D eigenvalue weighted by Crippen LogP contribution is 2.38. The highest BCUT2D eigenvalue weighted by atomic mass is 14.9. The fourth-order valence-electron chi connectivity index (χ4n) is 7.52. The maximum atomic E-state index is 5.35. The van der Waals surface area contributed by atoms with Crippen LogP contribution in [-0.4, -0.2) is 24.9 Å². The quantitative estimate of drug-likeness (QED) is 0.153. The number of hydrogen-bond acceptors (Lipinski definition) is 5. The minimum absolute atomic E-state index is 0.663. The highest BCUT2D eigenvalue weighted by molar-refractivity contribution is 6.09. The number of nitrogens with zero attached hydrogens (tertiary/aromatic N) is 5. The Hall–Kier alpha value is -7.63. The lowest BCUT2D eigenvalue weighted by Gasteiger charge is -2.14. The first-order valence-electron chi connectivity index (χ1n) is 19.1. The van der Waals surface area contributed by atoms with Gasteiger partial charge in [-0.1, -0.05) is 140 Å². The topological polar surface area (TPSA) is 64.5 Å². The van der Waals surface area contributed by atoms with Crippen LogP contribution in [0.1, 0.15) is 5.69 Å². The average Bonchev–Trinajstić information content (AvgIpc) is 3.29. The van der Waals surface area contributed by atoms with Crippen molar-refractivity contribution in [1.29, 1.82) is 0 Å². The summed E-state index contributed by atoms with van der Waals surface area (Å²) < 4.78 is 0. The van der Waals surface area contributed by atoms with E-state index in [0.29, 0.717) is 5.82 Å². The van der Waals surface area contributed by atoms with Crippen LogP contribution in [0.4, 0.5) is 0 Å². The molecule has 10 rings (SSSR count). The van der Waals surface area contributed by atoms with Crippen LogP contribution in [-0.2, 0) is 0 Å². The van der Waals surface area contributed by atoms with E-state index in [9.17, 15) is 0 Å². The number of rotatable bonds is 7. The molecule has 5 heteroatoms. The van der Waals surface area contributed by atoms with E-state index in [4.69, 9.17) is 19.9 Å². The summed E-state index contributed by atoms with van der Waals surface area (Å²) in [6.45, 7) is 2.03. The van der Waals surface area contributed by atoms with Crippen LogP contribution in [0.2, 0.25) is 0 Å². The first-order chi connectivity index (χ1) is 28.1. The smallest absolute Gasteiger partial charge is 0.160 e. The monoisotopic (exact) mass is 729 g/mol. The van der Waals surface area contributed by atoms with Crippen LogP contribution in [0.5, 0.6) is 0 Å². The van der Waals surface area contributed by atoms with Gasteiger partial charge in [0.05, 0.1) is 28.1 Å². The van der Waals surface area contributed by atoms with E-state index in [1.165, 1.54) is 11.1 Å². The molecule has 57 heavy (non-hydrogen) atoms. The molecular formula is C52H35N5. The average molecular weight is 730 g/mol. The fraction of sp³-hybridized carbons (Fsp3) is 0.0192. The van der Waals surface area contributed by atoms with Crippen molar-refractivity contribution in [2.45, 2.75) is 6.92 Å². The van der Waals surface area contributed by atoms with Crippen LogP contribution in [0.15, 0.2) is 194 Å². The van der Waals surface area contributed by atoms with E-state index >= 15 is 0 Å². The molecule has 0 aliphatic heterocycles. The summed E-state index contributed by atoms with van der Waals surface area (Å²) in [5.41, 5.74) is 16.1. The molecule has 268 valence electrons. The maximum Gasteiger partial charge on any atom is 0.160 e. The molecular weight excluding hydrogens is 695 g/mol. The molecule has 0 bridgehead atoms. The minimum Gasteiger partial charge on any atom is -0.264 e. The van der Waals surface area contributed by atoms with Gasteiger partial charge in [-0.15, -0.1) is 0 Å². The summed E-state index contributed by atoms with van der Waals surface area (Å²) in [5, 5.41) is 2.15. The van der Waals surface area contributed by atoms with E-state index in [1.807, 2.05) is 49.5 Å². The number of aromatic nitrogens is 5. The molecule has 0 aliphatic rings. The Morgan fingerprint density at radius 3 is 1.67 bits per heavy atom. The number of hydrogen-bond donors (Lipinski definition) is 0. The van der Waals surface area contributed by atoms with Gasteiger partial charge >= 0.3 is 0 Å². The molecule has 4 heterocycles. The molecule has 0 spiro atoms. The molecule has 4 aromatic heterocycles. The third kappa shape index (κ3) is 6.72. The van der Waals surface area contributed by atoms with E-state index in [0.717, 1.165) is 89.1 Å². The van der Waals surface area contributed by atoms with Crippen molar-refractivity contribution in [3.8, 4) is 78.5 Å². The predicted molar refractivity (Wildman–Crippen MR) is 233 cm³/mol. The molecule has 0 aliphatic carbocycles. The molecule has 5 nitrogen and oxygen atoms in total. The molecule has 0 N–H and O–H groups in total. The van der Waals surface area contributed by atoms with Crippen molar-refractivity contribution in [1.82, 2.24) is 24.9 Å². The van der Waals surface area contributed by atoms with Crippen LogP contribution in [0.3, 0.4) is 0 Å². The van der Waals surface area contributed by atoms with Gasteiger partial charge < -0.3 is 0 Å². The van der Waals surface area contributed by atoms with Crippen LogP contribution in [0, 0.1) is 6.92 Å². The van der Waals surface area contributed by atoms with Crippen molar-refractivity contribution in [3.05, 3.63) is 200 Å². The third-order valence-electron chi connectivity index (χ3n) is 10.4. The fourth-order valence-corrected chi connectivity index (χ4v) is 7.52. The van der Waals surface area contributed by atoms with Gasteiger partial charge in [0.1, 0.15) is 0 Å². The molecule has 0 amide bonds. The Bertz CT molecular complexity index is 3000. The Labute approximate surface area is 331 Å². The van der Waals surface area contributed by atoms with Gasteiger partial charge in [-0.05, 0) is 82.8 Å². The lowest BCUT2D eigenvalue weighted by Crippen LogP contribution is -1.96. The van der Waals surface area contributed by atoms with Crippen molar-refractivity contribution in [2.75, 3.05) is 0 Å². The summed E-state index contributed by atoms with van der Waals surface area (Å²) in [5.74, 6) is 0.663. The molecule has 6 aromatic carbocycles. The zero-order chi connectivity index (χ0) is 38.1. The second-order valence-corrected chi connectivity index (χ2v) is 14.2. The molecule has 0 atom stereocenters. The second kappa shape index (κ2) is 14.5. The van der Waals surface area contributed by atoms with E-state index in [2.05, 4.69) is 151 Å². The zero-order valence-corrected chi connectivity index (χ0v) is 31.2. The number of aryl methyl sites for hydroxylation is 1. The SMILES string of the molecule is Cc1ccc2ccc3c(-c4cccc(-c5ccccc5)c4)cc(-c4cccc(-c5ccc(-c6nc(-c7ccccc7)cc(-c7cccnc7)n6)cc5)c4)nc3c2n1. The molecule has 0 fully saturated rings. The third-order valence-corrected chi connectivity index (χ3v) is 10.4. The summed E-state index contributed by atoms with van der Waals surface area (Å²) in [6, 6.07) is 63.4. The van der Waals surface area contributed by atoms with Gasteiger partial charge in [0, 0.05) is 51.1 Å². The van der Waals surface area contributed by atoms with Crippen LogP contribution in [0.25, 0.3) is 100 Å². The number of fused-ring (bicyclic) bond motifs is 3. The van der Waals surface area contributed by atoms with Crippen LogP contribution < -0.4 is 0 Å². The van der Waals surface area contributed by atoms with Gasteiger partial charge in [0.2, 0.25) is 0 Å². The van der Waals surface area contributed by atoms with Crippen molar-refractivity contribution in [3.63, 3.8) is 0 Å². The van der Waals surface area contributed by atoms with Crippen molar-refractivity contribution in [2.24, 2.45) is 0 Å². The van der Waals surface area contributed by atoms with Crippen molar-refractivity contribution >= 4 is 21.8 Å². The lowest BCUT2D eigenvalue weighted by atomic mass is 9.94. The van der Waals surface area contributed by atoms with E-state index in [-0.39, 0.29) is 0 Å². The van der Waals surface area contributed by atoms with Gasteiger partial charge in [0.15, 0.2) is 5.82 Å². The summed E-state index contributed by atoms with van der Waals surface area (Å²) in [4.78, 5) is 24.7. The number of pyridine rings is 3. The summed E-state index contributed by atoms with van der Waals surface area (Å²) in [7, 11) is 0. The molecule has 0 saturated carbocycles. The van der Waals surface area contributed by atoms with Gasteiger partial charge in [-0.25, -0.2) is 15.0 Å². The standard InChI is InChI=1S/C52H35N5/c1-34-20-21-38-26-27-45-46(42-17-8-15-40(29-42)35-11-4-2-5-12-35)31-47(55-51(45)50(38)54-34)43-18-9-16-41(30-43)36-22-24-39(25-23-36)52-56-48(37-13-6-3-7-14-37)32-49(57-52)44-19-10-28-53-33-44/h2-33H,1H3.